The predicted molar refractivity (Wildman–Crippen MR) is 139 cm³/mol. The number of amides is 1. The van der Waals surface area contributed by atoms with Crippen LogP contribution < -0.4 is 15.0 Å². The summed E-state index contributed by atoms with van der Waals surface area (Å²) in [5.74, 6) is -1.24. The fraction of sp³-hybridized carbons (Fsp3) is 0.393. The Labute approximate surface area is 224 Å². The number of hydrogen-bond acceptors (Lipinski definition) is 7. The van der Waals surface area contributed by atoms with Crippen molar-refractivity contribution >= 4 is 23.3 Å². The number of nitrogens with zero attached hydrogens (tertiary/aromatic N) is 4. The van der Waals surface area contributed by atoms with Gasteiger partial charge in [-0.05, 0) is 48.9 Å². The minimum Gasteiger partial charge on any atom is -0.480 e. The second-order valence-electron chi connectivity index (χ2n) is 10.5. The van der Waals surface area contributed by atoms with Crippen LogP contribution in [-0.4, -0.2) is 51.6 Å². The highest BCUT2D eigenvalue weighted by Gasteiger charge is 2.55. The van der Waals surface area contributed by atoms with E-state index in [2.05, 4.69) is 25.0 Å². The second-order valence-corrected chi connectivity index (χ2v) is 10.5. The third-order valence-electron chi connectivity index (χ3n) is 7.49. The number of nitrogens with one attached hydrogen (secondary N) is 1. The third kappa shape index (κ3) is 4.77. The first kappa shape index (κ1) is 26.5. The number of carboxylic acid groups (broad SMARTS) is 1. The van der Waals surface area contributed by atoms with Crippen LogP contribution in [0, 0.1) is 6.92 Å². The maximum atomic E-state index is 14.0. The molecular weight excluding hydrogens is 508 g/mol. The van der Waals surface area contributed by atoms with Crippen molar-refractivity contribution in [2.75, 3.05) is 23.3 Å². The van der Waals surface area contributed by atoms with Gasteiger partial charge in [0.2, 0.25) is 11.8 Å². The van der Waals surface area contributed by atoms with Crippen LogP contribution in [0.4, 0.5) is 20.2 Å². The number of halogens is 2. The van der Waals surface area contributed by atoms with Gasteiger partial charge < -0.3 is 20.1 Å². The summed E-state index contributed by atoms with van der Waals surface area (Å²) in [5.41, 5.74) is 1.01. The molecule has 0 radical (unpaired) electrons. The number of aryl methyl sites for hydroxylation is 1. The maximum absolute atomic E-state index is 14.0. The second kappa shape index (κ2) is 9.87. The van der Waals surface area contributed by atoms with E-state index in [1.807, 2.05) is 43.0 Å². The summed E-state index contributed by atoms with van der Waals surface area (Å²) in [6, 6.07) is 10.8. The molecule has 1 aliphatic heterocycles. The minimum atomic E-state index is -3.09. The van der Waals surface area contributed by atoms with Gasteiger partial charge in [-0.2, -0.15) is 8.78 Å². The fourth-order valence-corrected chi connectivity index (χ4v) is 5.09. The zero-order valence-corrected chi connectivity index (χ0v) is 21.8. The average Bonchev–Trinajstić information content (AvgIpc) is 3.68. The van der Waals surface area contributed by atoms with E-state index in [0.717, 1.165) is 11.1 Å². The number of benzene rings is 1. The van der Waals surface area contributed by atoms with Crippen LogP contribution in [0.15, 0.2) is 48.8 Å². The number of carbonyl (C=O) groups excluding carboxylic acids is 1. The molecule has 2 fully saturated rings. The van der Waals surface area contributed by atoms with Crippen molar-refractivity contribution in [3.8, 4) is 5.88 Å². The molecule has 2 N–H and O–H groups in total. The normalized spacial score (nSPS) is 17.1. The summed E-state index contributed by atoms with van der Waals surface area (Å²) >= 11 is 0. The van der Waals surface area contributed by atoms with Gasteiger partial charge in [0.25, 0.3) is 0 Å². The van der Waals surface area contributed by atoms with E-state index in [1.54, 1.807) is 25.4 Å². The monoisotopic (exact) mass is 537 g/mol. The molecule has 0 spiro atoms. The summed E-state index contributed by atoms with van der Waals surface area (Å²) in [4.78, 5) is 40.2. The van der Waals surface area contributed by atoms with Crippen LogP contribution >= 0.6 is 0 Å². The largest absolute Gasteiger partial charge is 0.480 e. The number of alkyl halides is 2. The van der Waals surface area contributed by atoms with Crippen molar-refractivity contribution in [2.45, 2.75) is 57.0 Å². The Morgan fingerprint density at radius 3 is 2.31 bits per heavy atom. The molecule has 204 valence electrons. The Morgan fingerprint density at radius 2 is 1.72 bits per heavy atom. The average molecular weight is 538 g/mol. The molecule has 1 aliphatic carbocycles. The molecule has 0 bridgehead atoms. The summed E-state index contributed by atoms with van der Waals surface area (Å²) in [5, 5.41) is 12.3. The number of anilines is 2. The smallest absolute Gasteiger partial charge is 0.388 e. The number of hydrogen-bond donors (Lipinski definition) is 2. The number of aliphatic carboxylic acids is 1. The zero-order chi connectivity index (χ0) is 27.9. The summed E-state index contributed by atoms with van der Waals surface area (Å²) in [6.07, 6.45) is 4.18. The van der Waals surface area contributed by atoms with Crippen LogP contribution in [0.2, 0.25) is 0 Å². The fourth-order valence-electron chi connectivity index (χ4n) is 5.09. The van der Waals surface area contributed by atoms with Crippen LogP contribution in [0.5, 0.6) is 5.88 Å². The molecule has 3 heterocycles. The van der Waals surface area contributed by atoms with Gasteiger partial charge in [-0.1, -0.05) is 38.1 Å². The van der Waals surface area contributed by atoms with Gasteiger partial charge in [0.05, 0.1) is 18.1 Å². The van der Waals surface area contributed by atoms with E-state index in [-0.39, 0.29) is 42.3 Å². The van der Waals surface area contributed by atoms with Gasteiger partial charge >= 0.3 is 12.6 Å². The van der Waals surface area contributed by atoms with E-state index in [9.17, 15) is 23.5 Å². The number of carboxylic acids is 1. The predicted octanol–water partition coefficient (Wildman–Crippen LogP) is 4.42. The molecular formula is C28H29F2N5O4. The van der Waals surface area contributed by atoms with E-state index >= 15 is 0 Å². The lowest BCUT2D eigenvalue weighted by Crippen LogP contribution is -2.65. The van der Waals surface area contributed by atoms with Crippen molar-refractivity contribution in [2.24, 2.45) is 0 Å². The van der Waals surface area contributed by atoms with E-state index < -0.39 is 23.4 Å². The molecule has 39 heavy (non-hydrogen) atoms. The zero-order valence-electron chi connectivity index (χ0n) is 21.8. The summed E-state index contributed by atoms with van der Waals surface area (Å²) < 4.78 is 30.7. The Balaban J connectivity index is 1.46. The van der Waals surface area contributed by atoms with Gasteiger partial charge in [-0.25, -0.2) is 15.0 Å². The topological polar surface area (TPSA) is 118 Å². The highest BCUT2D eigenvalue weighted by atomic mass is 19.3. The van der Waals surface area contributed by atoms with Crippen LogP contribution in [-0.2, 0) is 20.4 Å². The number of pyridine rings is 1. The minimum absolute atomic E-state index is 0.0573. The van der Waals surface area contributed by atoms with Gasteiger partial charge in [0, 0.05) is 18.8 Å². The first-order valence-corrected chi connectivity index (χ1v) is 12.7. The summed E-state index contributed by atoms with van der Waals surface area (Å²) in [7, 11) is 0. The number of ether oxygens (including phenoxy) is 1. The van der Waals surface area contributed by atoms with Crippen molar-refractivity contribution in [3.05, 3.63) is 71.4 Å². The SMILES string of the molecule is Cc1ccc(NC(=O)C2(c3ccccc3C(C)C)CN(c3cnc(C4(C(=O)O)CC4)nc3)C2)c(OC(F)F)n1. The van der Waals surface area contributed by atoms with Crippen molar-refractivity contribution in [1.82, 2.24) is 15.0 Å². The van der Waals surface area contributed by atoms with Crippen molar-refractivity contribution in [1.29, 1.82) is 0 Å². The molecule has 5 rings (SSSR count). The van der Waals surface area contributed by atoms with Crippen molar-refractivity contribution in [3.63, 3.8) is 0 Å². The quantitative estimate of drug-likeness (QED) is 0.412. The van der Waals surface area contributed by atoms with Gasteiger partial charge in [0.1, 0.15) is 22.3 Å². The molecule has 9 nitrogen and oxygen atoms in total. The molecule has 1 saturated heterocycles. The summed E-state index contributed by atoms with van der Waals surface area (Å²) in [6.45, 7) is 3.19. The van der Waals surface area contributed by atoms with E-state index in [0.29, 0.717) is 24.2 Å². The van der Waals surface area contributed by atoms with E-state index in [4.69, 9.17) is 0 Å². The van der Waals surface area contributed by atoms with Crippen LogP contribution in [0.3, 0.4) is 0 Å². The molecule has 1 amide bonds. The highest BCUT2D eigenvalue weighted by molar-refractivity contribution is 6.02. The lowest BCUT2D eigenvalue weighted by molar-refractivity contribution is -0.140. The van der Waals surface area contributed by atoms with Gasteiger partial charge in [-0.15, -0.1) is 0 Å². The molecule has 3 aromatic rings. The third-order valence-corrected chi connectivity index (χ3v) is 7.49. The number of carbonyl (C=O) groups is 2. The van der Waals surface area contributed by atoms with Crippen LogP contribution in [0.25, 0.3) is 0 Å². The Kier molecular flexibility index (Phi) is 6.69. The molecule has 0 atom stereocenters. The van der Waals surface area contributed by atoms with Crippen molar-refractivity contribution < 1.29 is 28.2 Å². The number of aromatic nitrogens is 3. The Morgan fingerprint density at radius 1 is 1.05 bits per heavy atom. The van der Waals surface area contributed by atoms with Crippen LogP contribution in [0.1, 0.15) is 55.3 Å². The molecule has 2 aromatic heterocycles. The van der Waals surface area contributed by atoms with E-state index in [1.165, 1.54) is 6.07 Å². The van der Waals surface area contributed by atoms with Gasteiger partial charge in [-0.3, -0.25) is 9.59 Å². The maximum Gasteiger partial charge on any atom is 0.388 e. The lowest BCUT2D eigenvalue weighted by Gasteiger charge is -2.51. The molecule has 11 heteroatoms. The first-order valence-electron chi connectivity index (χ1n) is 12.7. The molecule has 1 saturated carbocycles. The number of rotatable bonds is 9. The lowest BCUT2D eigenvalue weighted by atomic mass is 9.69. The Hall–Kier alpha value is -4.15. The molecule has 0 unspecified atom stereocenters. The highest BCUT2D eigenvalue weighted by Crippen LogP contribution is 2.47. The molecule has 2 aliphatic rings. The molecule has 1 aromatic carbocycles. The first-order chi connectivity index (χ1) is 18.6. The van der Waals surface area contributed by atoms with Gasteiger partial charge in [0.15, 0.2) is 0 Å². The standard InChI is InChI=1S/C28H29F2N5O4/c1-16(2)19-6-4-5-7-20(19)28(24(36)34-21-9-8-17(3)33-22(21)39-26(29)30)14-35(15-28)18-12-31-23(32-13-18)27(10-11-27)25(37)38/h4-9,12-13,16,26H,10-11,14-15H2,1-3H3,(H,34,36)(H,37,38). The Bertz CT molecular complexity index is 1400.